The highest BCUT2D eigenvalue weighted by Gasteiger charge is 2.22. The van der Waals surface area contributed by atoms with E-state index in [1.54, 1.807) is 0 Å². The molecule has 0 fully saturated rings. The van der Waals surface area contributed by atoms with Gasteiger partial charge in [0.2, 0.25) is 0 Å². The summed E-state index contributed by atoms with van der Waals surface area (Å²) in [5, 5.41) is 8.17. The Morgan fingerprint density at radius 3 is 2.44 bits per heavy atom. The molecular formula is C15H29N3. The molecule has 1 rings (SSSR count). The van der Waals surface area contributed by atoms with Gasteiger partial charge < -0.3 is 5.32 Å². The standard InChI is InChI=1S/C15H29N3/c1-5-10-16-15(13(7-3)8-4)14-9-11-17-18(14)12-6-2/h9,11,13,15-16H,5-8,10,12H2,1-4H3. The molecule has 0 spiro atoms. The summed E-state index contributed by atoms with van der Waals surface area (Å²) in [6.07, 6.45) is 6.69. The number of nitrogens with zero attached hydrogens (tertiary/aromatic N) is 2. The third kappa shape index (κ3) is 3.84. The normalized spacial score (nSPS) is 13.2. The first-order valence-corrected chi connectivity index (χ1v) is 7.53. The number of aromatic nitrogens is 2. The molecule has 0 aliphatic rings. The lowest BCUT2D eigenvalue weighted by atomic mass is 9.91. The van der Waals surface area contributed by atoms with Gasteiger partial charge in [0, 0.05) is 12.7 Å². The monoisotopic (exact) mass is 251 g/mol. The van der Waals surface area contributed by atoms with Crippen molar-refractivity contribution in [3.8, 4) is 0 Å². The maximum absolute atomic E-state index is 4.46. The fourth-order valence-corrected chi connectivity index (χ4v) is 2.58. The van der Waals surface area contributed by atoms with Gasteiger partial charge in [-0.15, -0.1) is 0 Å². The average Bonchev–Trinajstić information content (AvgIpc) is 2.83. The quantitative estimate of drug-likeness (QED) is 0.724. The van der Waals surface area contributed by atoms with Crippen molar-refractivity contribution in [3.63, 3.8) is 0 Å². The Labute approximate surface area is 112 Å². The molecule has 0 aliphatic heterocycles. The van der Waals surface area contributed by atoms with Crippen LogP contribution in [-0.2, 0) is 6.54 Å². The minimum Gasteiger partial charge on any atom is -0.308 e. The zero-order valence-electron chi connectivity index (χ0n) is 12.4. The molecule has 104 valence electrons. The van der Waals surface area contributed by atoms with Gasteiger partial charge in [0.25, 0.3) is 0 Å². The van der Waals surface area contributed by atoms with Crippen LogP contribution in [0.4, 0.5) is 0 Å². The molecule has 0 aromatic carbocycles. The van der Waals surface area contributed by atoms with Crippen molar-refractivity contribution in [3.05, 3.63) is 18.0 Å². The van der Waals surface area contributed by atoms with Gasteiger partial charge in [0.05, 0.1) is 11.7 Å². The van der Waals surface area contributed by atoms with E-state index in [0.29, 0.717) is 12.0 Å². The highest BCUT2D eigenvalue weighted by Crippen LogP contribution is 2.27. The van der Waals surface area contributed by atoms with Gasteiger partial charge in [-0.2, -0.15) is 5.10 Å². The van der Waals surface area contributed by atoms with Crippen molar-refractivity contribution in [2.45, 2.75) is 66.0 Å². The van der Waals surface area contributed by atoms with Gasteiger partial charge in [-0.25, -0.2) is 0 Å². The summed E-state index contributed by atoms with van der Waals surface area (Å²) >= 11 is 0. The van der Waals surface area contributed by atoms with Crippen molar-refractivity contribution in [1.82, 2.24) is 15.1 Å². The summed E-state index contributed by atoms with van der Waals surface area (Å²) in [5.74, 6) is 0.698. The van der Waals surface area contributed by atoms with Crippen LogP contribution in [0.1, 0.15) is 65.1 Å². The first-order chi connectivity index (χ1) is 8.78. The Balaban J connectivity index is 2.89. The van der Waals surface area contributed by atoms with E-state index >= 15 is 0 Å². The Kier molecular flexibility index (Phi) is 7.02. The molecule has 0 amide bonds. The van der Waals surface area contributed by atoms with Crippen LogP contribution in [0.3, 0.4) is 0 Å². The van der Waals surface area contributed by atoms with E-state index in [1.165, 1.54) is 25.0 Å². The van der Waals surface area contributed by atoms with Gasteiger partial charge in [-0.3, -0.25) is 4.68 Å². The molecule has 1 heterocycles. The van der Waals surface area contributed by atoms with Gasteiger partial charge in [-0.1, -0.05) is 40.5 Å². The van der Waals surface area contributed by atoms with E-state index in [-0.39, 0.29) is 0 Å². The van der Waals surface area contributed by atoms with Crippen LogP contribution in [0.25, 0.3) is 0 Å². The summed E-state index contributed by atoms with van der Waals surface area (Å²) in [7, 11) is 0. The average molecular weight is 251 g/mol. The Bertz CT molecular complexity index is 315. The maximum Gasteiger partial charge on any atom is 0.0556 e. The smallest absolute Gasteiger partial charge is 0.0556 e. The summed E-state index contributed by atoms with van der Waals surface area (Å²) < 4.78 is 2.17. The lowest BCUT2D eigenvalue weighted by Gasteiger charge is -2.27. The van der Waals surface area contributed by atoms with Gasteiger partial charge in [0.1, 0.15) is 0 Å². The molecule has 0 aliphatic carbocycles. The SMILES string of the molecule is CCCNC(c1ccnn1CCC)C(CC)CC. The maximum atomic E-state index is 4.46. The van der Waals surface area contributed by atoms with Crippen LogP contribution in [0.2, 0.25) is 0 Å². The van der Waals surface area contributed by atoms with Crippen molar-refractivity contribution >= 4 is 0 Å². The molecule has 0 saturated heterocycles. The molecule has 1 unspecified atom stereocenters. The van der Waals surface area contributed by atoms with Crippen molar-refractivity contribution in [2.75, 3.05) is 6.54 Å². The summed E-state index contributed by atoms with van der Waals surface area (Å²) in [4.78, 5) is 0. The minimum atomic E-state index is 0.453. The fourth-order valence-electron chi connectivity index (χ4n) is 2.58. The predicted molar refractivity (Wildman–Crippen MR) is 77.6 cm³/mol. The highest BCUT2D eigenvalue weighted by atomic mass is 15.3. The third-order valence-electron chi connectivity index (χ3n) is 3.64. The molecular weight excluding hydrogens is 222 g/mol. The molecule has 3 heteroatoms. The zero-order chi connectivity index (χ0) is 13.4. The van der Waals surface area contributed by atoms with E-state index < -0.39 is 0 Å². The van der Waals surface area contributed by atoms with Gasteiger partial charge >= 0.3 is 0 Å². The van der Waals surface area contributed by atoms with Crippen LogP contribution in [0, 0.1) is 5.92 Å². The Morgan fingerprint density at radius 2 is 1.89 bits per heavy atom. The molecule has 18 heavy (non-hydrogen) atoms. The van der Waals surface area contributed by atoms with E-state index in [1.807, 2.05) is 6.20 Å². The second-order valence-corrected chi connectivity index (χ2v) is 4.99. The van der Waals surface area contributed by atoms with E-state index in [0.717, 1.165) is 19.5 Å². The highest BCUT2D eigenvalue weighted by molar-refractivity contribution is 5.08. The number of nitrogens with one attached hydrogen (secondary N) is 1. The molecule has 0 radical (unpaired) electrons. The second-order valence-electron chi connectivity index (χ2n) is 4.99. The molecule has 0 saturated carbocycles. The van der Waals surface area contributed by atoms with Crippen LogP contribution in [-0.4, -0.2) is 16.3 Å². The fraction of sp³-hybridized carbons (Fsp3) is 0.800. The lowest BCUT2D eigenvalue weighted by Crippen LogP contribution is -2.30. The molecule has 1 atom stereocenters. The predicted octanol–water partition coefficient (Wildman–Crippen LogP) is 3.77. The van der Waals surface area contributed by atoms with E-state index in [4.69, 9.17) is 0 Å². The van der Waals surface area contributed by atoms with Crippen LogP contribution >= 0.6 is 0 Å². The number of rotatable bonds is 9. The first kappa shape index (κ1) is 15.2. The van der Waals surface area contributed by atoms with Crippen LogP contribution in [0.15, 0.2) is 12.3 Å². The minimum absolute atomic E-state index is 0.453. The largest absolute Gasteiger partial charge is 0.308 e. The number of hydrogen-bond donors (Lipinski definition) is 1. The Morgan fingerprint density at radius 1 is 1.17 bits per heavy atom. The van der Waals surface area contributed by atoms with Crippen LogP contribution < -0.4 is 5.32 Å². The van der Waals surface area contributed by atoms with Gasteiger partial charge in [0.15, 0.2) is 0 Å². The topological polar surface area (TPSA) is 29.9 Å². The molecule has 1 N–H and O–H groups in total. The molecule has 1 aromatic heterocycles. The van der Waals surface area contributed by atoms with E-state index in [2.05, 4.69) is 48.9 Å². The summed E-state index contributed by atoms with van der Waals surface area (Å²) in [6.45, 7) is 11.1. The zero-order valence-corrected chi connectivity index (χ0v) is 12.4. The lowest BCUT2D eigenvalue weighted by molar-refractivity contribution is 0.322. The van der Waals surface area contributed by atoms with Crippen molar-refractivity contribution in [2.24, 2.45) is 5.92 Å². The van der Waals surface area contributed by atoms with Gasteiger partial charge in [-0.05, 0) is 31.4 Å². The number of aryl methyl sites for hydroxylation is 1. The van der Waals surface area contributed by atoms with E-state index in [9.17, 15) is 0 Å². The number of hydrogen-bond acceptors (Lipinski definition) is 2. The third-order valence-corrected chi connectivity index (χ3v) is 3.64. The molecule has 1 aromatic rings. The summed E-state index contributed by atoms with van der Waals surface area (Å²) in [5.41, 5.74) is 1.36. The summed E-state index contributed by atoms with van der Waals surface area (Å²) in [6, 6.07) is 2.63. The second kappa shape index (κ2) is 8.30. The molecule has 0 bridgehead atoms. The first-order valence-electron chi connectivity index (χ1n) is 7.53. The van der Waals surface area contributed by atoms with Crippen LogP contribution in [0.5, 0.6) is 0 Å². The Hall–Kier alpha value is -0.830. The molecule has 3 nitrogen and oxygen atoms in total. The van der Waals surface area contributed by atoms with Crippen molar-refractivity contribution < 1.29 is 0 Å². The van der Waals surface area contributed by atoms with Crippen molar-refractivity contribution in [1.29, 1.82) is 0 Å².